The first-order valence-corrected chi connectivity index (χ1v) is 6.00. The maximum atomic E-state index is 10.7. The van der Waals surface area contributed by atoms with Gasteiger partial charge in [0.1, 0.15) is 5.75 Å². The van der Waals surface area contributed by atoms with Gasteiger partial charge in [0.15, 0.2) is 0 Å². The number of non-ortho nitro benzene ring substituents is 1. The van der Waals surface area contributed by atoms with Crippen LogP contribution in [0.15, 0.2) is 42.7 Å². The Balaban J connectivity index is 1.99. The highest BCUT2D eigenvalue weighted by molar-refractivity contribution is 6.32. The highest BCUT2D eigenvalue weighted by Crippen LogP contribution is 2.28. The van der Waals surface area contributed by atoms with Crippen LogP contribution >= 0.6 is 11.6 Å². The first kappa shape index (κ1) is 13.3. The van der Waals surface area contributed by atoms with Gasteiger partial charge in [-0.05, 0) is 23.8 Å². The first-order valence-electron chi connectivity index (χ1n) is 5.62. The summed E-state index contributed by atoms with van der Waals surface area (Å²) in [4.78, 5) is 14.1. The molecule has 0 spiro atoms. The van der Waals surface area contributed by atoms with Gasteiger partial charge in [-0.3, -0.25) is 15.1 Å². The molecule has 98 valence electrons. The molecular formula is C13H11ClN2O3. The molecule has 19 heavy (non-hydrogen) atoms. The van der Waals surface area contributed by atoms with E-state index in [-0.39, 0.29) is 5.69 Å². The topological polar surface area (TPSA) is 65.3 Å². The summed E-state index contributed by atoms with van der Waals surface area (Å²) in [7, 11) is 0. The Hall–Kier alpha value is -2.14. The number of nitrogens with zero attached hydrogens (tertiary/aromatic N) is 2. The predicted octanol–water partition coefficient (Wildman–Crippen LogP) is 3.26. The second kappa shape index (κ2) is 6.15. The van der Waals surface area contributed by atoms with Crippen LogP contribution in [0.5, 0.6) is 5.75 Å². The zero-order valence-corrected chi connectivity index (χ0v) is 10.7. The number of pyridine rings is 1. The van der Waals surface area contributed by atoms with Gasteiger partial charge in [0.25, 0.3) is 5.69 Å². The van der Waals surface area contributed by atoms with Gasteiger partial charge >= 0.3 is 0 Å². The molecule has 5 nitrogen and oxygen atoms in total. The van der Waals surface area contributed by atoms with Crippen LogP contribution in [0.4, 0.5) is 5.69 Å². The van der Waals surface area contributed by atoms with E-state index < -0.39 is 4.92 Å². The predicted molar refractivity (Wildman–Crippen MR) is 71.5 cm³/mol. The second-order valence-corrected chi connectivity index (χ2v) is 4.23. The number of nitro benzene ring substituents is 1. The fraction of sp³-hybridized carbons (Fsp3) is 0.154. The third-order valence-corrected chi connectivity index (χ3v) is 2.84. The Morgan fingerprint density at radius 3 is 2.68 bits per heavy atom. The Kier molecular flexibility index (Phi) is 4.30. The fourth-order valence-corrected chi connectivity index (χ4v) is 1.72. The maximum absolute atomic E-state index is 10.7. The molecule has 0 N–H and O–H groups in total. The third-order valence-electron chi connectivity index (χ3n) is 2.52. The molecule has 1 heterocycles. The summed E-state index contributed by atoms with van der Waals surface area (Å²) < 4.78 is 5.47. The number of aromatic nitrogens is 1. The molecule has 2 rings (SSSR count). The van der Waals surface area contributed by atoms with Crippen LogP contribution in [0.3, 0.4) is 0 Å². The van der Waals surface area contributed by atoms with Gasteiger partial charge in [0.2, 0.25) is 0 Å². The zero-order chi connectivity index (χ0) is 13.7. The number of rotatable bonds is 5. The lowest BCUT2D eigenvalue weighted by Crippen LogP contribution is -2.02. The van der Waals surface area contributed by atoms with Crippen molar-refractivity contribution in [1.29, 1.82) is 0 Å². The highest BCUT2D eigenvalue weighted by atomic mass is 35.5. The van der Waals surface area contributed by atoms with Crippen LogP contribution in [-0.2, 0) is 6.42 Å². The number of halogens is 1. The third kappa shape index (κ3) is 3.66. The molecule has 0 aliphatic rings. The molecule has 0 unspecified atom stereocenters. The van der Waals surface area contributed by atoms with Crippen molar-refractivity contribution in [1.82, 2.24) is 4.98 Å². The molecule has 0 amide bonds. The van der Waals surface area contributed by atoms with E-state index in [2.05, 4.69) is 4.98 Å². The average Bonchev–Trinajstić information content (AvgIpc) is 2.42. The van der Waals surface area contributed by atoms with Crippen LogP contribution in [0.25, 0.3) is 0 Å². The number of nitro groups is 1. The van der Waals surface area contributed by atoms with Gasteiger partial charge in [0.05, 0.1) is 22.6 Å². The van der Waals surface area contributed by atoms with Gasteiger partial charge in [-0.25, -0.2) is 0 Å². The maximum Gasteiger partial charge on any atom is 0.273 e. The van der Waals surface area contributed by atoms with Gasteiger partial charge < -0.3 is 4.74 Å². The molecule has 0 fully saturated rings. The number of hydrogen-bond donors (Lipinski definition) is 0. The Morgan fingerprint density at radius 2 is 2.00 bits per heavy atom. The van der Waals surface area contributed by atoms with Crippen molar-refractivity contribution in [2.45, 2.75) is 6.42 Å². The molecule has 1 aromatic heterocycles. The van der Waals surface area contributed by atoms with Gasteiger partial charge in [-0.1, -0.05) is 11.6 Å². The van der Waals surface area contributed by atoms with E-state index in [0.29, 0.717) is 23.8 Å². The van der Waals surface area contributed by atoms with E-state index in [1.807, 2.05) is 12.1 Å². The van der Waals surface area contributed by atoms with Crippen molar-refractivity contribution < 1.29 is 9.66 Å². The summed E-state index contributed by atoms with van der Waals surface area (Å²) in [6.45, 7) is 0.394. The molecule has 0 saturated carbocycles. The Bertz CT molecular complexity index is 575. The highest BCUT2D eigenvalue weighted by Gasteiger charge is 2.10. The normalized spacial score (nSPS) is 10.2. The SMILES string of the molecule is O=[N+]([O-])c1ccc(Cl)c(OCCc2ccncc2)c1. The van der Waals surface area contributed by atoms with E-state index in [4.69, 9.17) is 16.3 Å². The zero-order valence-electron chi connectivity index (χ0n) is 9.95. The molecular weight excluding hydrogens is 268 g/mol. The molecule has 0 aliphatic carbocycles. The van der Waals surface area contributed by atoms with Gasteiger partial charge in [-0.2, -0.15) is 0 Å². The molecule has 0 radical (unpaired) electrons. The summed E-state index contributed by atoms with van der Waals surface area (Å²) in [5, 5.41) is 11.0. The summed E-state index contributed by atoms with van der Waals surface area (Å²) in [5.41, 5.74) is 1.04. The van der Waals surface area contributed by atoms with Crippen LogP contribution in [0.1, 0.15) is 5.56 Å². The van der Waals surface area contributed by atoms with Crippen molar-refractivity contribution >= 4 is 17.3 Å². The van der Waals surface area contributed by atoms with Crippen molar-refractivity contribution in [2.24, 2.45) is 0 Å². The van der Waals surface area contributed by atoms with Crippen LogP contribution in [0, 0.1) is 10.1 Å². The van der Waals surface area contributed by atoms with Gasteiger partial charge in [0, 0.05) is 24.9 Å². The summed E-state index contributed by atoms with van der Waals surface area (Å²) in [6, 6.07) is 7.91. The molecule has 2 aromatic rings. The molecule has 0 bridgehead atoms. The molecule has 0 aliphatic heterocycles. The average molecular weight is 279 g/mol. The first-order chi connectivity index (χ1) is 9.16. The molecule has 6 heteroatoms. The van der Waals surface area contributed by atoms with Crippen LogP contribution in [0.2, 0.25) is 5.02 Å². The van der Waals surface area contributed by atoms with Crippen molar-refractivity contribution in [3.8, 4) is 5.75 Å². The van der Waals surface area contributed by atoms with E-state index in [1.165, 1.54) is 18.2 Å². The standard InChI is InChI=1S/C13H11ClN2O3/c14-12-2-1-11(16(17)18)9-13(12)19-8-5-10-3-6-15-7-4-10/h1-4,6-7,9H,5,8H2. The molecule has 1 aromatic carbocycles. The largest absolute Gasteiger partial charge is 0.491 e. The van der Waals surface area contributed by atoms with E-state index in [0.717, 1.165) is 5.56 Å². The minimum Gasteiger partial charge on any atom is -0.491 e. The van der Waals surface area contributed by atoms with Gasteiger partial charge in [-0.15, -0.1) is 0 Å². The van der Waals surface area contributed by atoms with Crippen LogP contribution in [-0.4, -0.2) is 16.5 Å². The lowest BCUT2D eigenvalue weighted by atomic mass is 10.2. The van der Waals surface area contributed by atoms with Crippen molar-refractivity contribution in [3.05, 3.63) is 63.4 Å². The number of benzene rings is 1. The number of hydrogen-bond acceptors (Lipinski definition) is 4. The Labute approximate surface area is 115 Å². The Morgan fingerprint density at radius 1 is 1.26 bits per heavy atom. The minimum absolute atomic E-state index is 0.0386. The molecule has 0 atom stereocenters. The van der Waals surface area contributed by atoms with E-state index in [1.54, 1.807) is 12.4 Å². The summed E-state index contributed by atoms with van der Waals surface area (Å²) in [5.74, 6) is 0.324. The molecule has 0 saturated heterocycles. The summed E-state index contributed by atoms with van der Waals surface area (Å²) >= 11 is 5.93. The summed E-state index contributed by atoms with van der Waals surface area (Å²) in [6.07, 6.45) is 4.09. The second-order valence-electron chi connectivity index (χ2n) is 3.83. The quantitative estimate of drug-likeness (QED) is 0.622. The fourth-order valence-electron chi connectivity index (χ4n) is 1.54. The van der Waals surface area contributed by atoms with Crippen molar-refractivity contribution in [2.75, 3.05) is 6.61 Å². The lowest BCUT2D eigenvalue weighted by molar-refractivity contribution is -0.384. The van der Waals surface area contributed by atoms with Crippen LogP contribution < -0.4 is 4.74 Å². The smallest absolute Gasteiger partial charge is 0.273 e. The van der Waals surface area contributed by atoms with Crippen molar-refractivity contribution in [3.63, 3.8) is 0 Å². The lowest BCUT2D eigenvalue weighted by Gasteiger charge is -2.07. The number of ether oxygens (including phenoxy) is 1. The minimum atomic E-state index is -0.480. The van der Waals surface area contributed by atoms with E-state index in [9.17, 15) is 10.1 Å². The van der Waals surface area contributed by atoms with E-state index >= 15 is 0 Å². The monoisotopic (exact) mass is 278 g/mol.